The molecule has 1 rings (SSSR count). The highest BCUT2D eigenvalue weighted by atomic mass is 14.9. The second-order valence-corrected chi connectivity index (χ2v) is 3.79. The minimum atomic E-state index is 0.587. The number of rotatable bonds is 5. The van der Waals surface area contributed by atoms with Crippen molar-refractivity contribution < 1.29 is 0 Å². The molecular weight excluding hydrogens is 172 g/mol. The van der Waals surface area contributed by atoms with Crippen LogP contribution in [0.5, 0.6) is 0 Å². The van der Waals surface area contributed by atoms with Gasteiger partial charge in [0.25, 0.3) is 0 Å². The van der Waals surface area contributed by atoms with Crippen LogP contribution in [0.15, 0.2) is 18.5 Å². The Bertz CT molecular complexity index is 271. The van der Waals surface area contributed by atoms with Gasteiger partial charge in [0, 0.05) is 18.4 Å². The quantitative estimate of drug-likeness (QED) is 0.773. The third kappa shape index (κ3) is 3.36. The molecule has 0 aliphatic carbocycles. The van der Waals surface area contributed by atoms with Crippen molar-refractivity contribution in [2.24, 2.45) is 0 Å². The molecule has 1 aromatic heterocycles. The third-order valence-electron chi connectivity index (χ3n) is 2.38. The van der Waals surface area contributed by atoms with E-state index in [0.29, 0.717) is 6.04 Å². The van der Waals surface area contributed by atoms with Crippen molar-refractivity contribution >= 4 is 5.69 Å². The van der Waals surface area contributed by atoms with Crippen LogP contribution in [-0.2, 0) is 0 Å². The number of aromatic nitrogens is 1. The average Bonchev–Trinajstić information content (AvgIpc) is 2.17. The molecule has 0 aromatic carbocycles. The monoisotopic (exact) mass is 192 g/mol. The zero-order valence-electron chi connectivity index (χ0n) is 9.38. The molecule has 0 spiro atoms. The summed E-state index contributed by atoms with van der Waals surface area (Å²) in [5, 5.41) is 3.51. The van der Waals surface area contributed by atoms with Crippen molar-refractivity contribution in [3.05, 3.63) is 24.0 Å². The number of aryl methyl sites for hydroxylation is 1. The molecular formula is C12H20N2. The number of hydrogen-bond donors (Lipinski definition) is 1. The summed E-state index contributed by atoms with van der Waals surface area (Å²) in [6.07, 6.45) is 7.40. The van der Waals surface area contributed by atoms with Gasteiger partial charge in [0.05, 0.1) is 5.69 Å². The van der Waals surface area contributed by atoms with Gasteiger partial charge in [0.1, 0.15) is 0 Å². The molecule has 0 aliphatic heterocycles. The predicted octanol–water partition coefficient (Wildman–Crippen LogP) is 3.38. The molecule has 0 aliphatic rings. The molecule has 0 saturated carbocycles. The second kappa shape index (κ2) is 5.63. The first-order valence-electron chi connectivity index (χ1n) is 5.44. The van der Waals surface area contributed by atoms with Crippen molar-refractivity contribution in [2.75, 3.05) is 5.32 Å². The fraction of sp³-hybridized carbons (Fsp3) is 0.583. The van der Waals surface area contributed by atoms with E-state index in [1.165, 1.54) is 24.8 Å². The summed E-state index contributed by atoms with van der Waals surface area (Å²) < 4.78 is 0. The number of nitrogens with one attached hydrogen (secondary N) is 1. The van der Waals surface area contributed by atoms with Crippen LogP contribution in [0, 0.1) is 6.92 Å². The van der Waals surface area contributed by atoms with Crippen LogP contribution in [-0.4, -0.2) is 11.0 Å². The van der Waals surface area contributed by atoms with Gasteiger partial charge in [-0.1, -0.05) is 20.3 Å². The predicted molar refractivity (Wildman–Crippen MR) is 61.6 cm³/mol. The maximum absolute atomic E-state index is 4.17. The van der Waals surface area contributed by atoms with Crippen LogP contribution in [0.1, 0.15) is 38.7 Å². The summed E-state index contributed by atoms with van der Waals surface area (Å²) in [5.74, 6) is 0. The Labute approximate surface area is 86.8 Å². The standard InChI is InChI=1S/C12H20N2/c1-4-6-11(5-2)14-12-7-10(3)8-13-9-12/h7-9,11,14H,4-6H2,1-3H3. The maximum atomic E-state index is 4.17. The van der Waals surface area contributed by atoms with E-state index in [1.807, 2.05) is 12.4 Å². The van der Waals surface area contributed by atoms with Gasteiger partial charge in [-0.3, -0.25) is 4.98 Å². The molecule has 0 saturated heterocycles. The topological polar surface area (TPSA) is 24.9 Å². The lowest BCUT2D eigenvalue weighted by Gasteiger charge is -2.17. The highest BCUT2D eigenvalue weighted by Crippen LogP contribution is 2.12. The number of hydrogen-bond acceptors (Lipinski definition) is 2. The van der Waals surface area contributed by atoms with Gasteiger partial charge in [-0.05, 0) is 31.4 Å². The van der Waals surface area contributed by atoms with Crippen LogP contribution in [0.25, 0.3) is 0 Å². The molecule has 2 heteroatoms. The molecule has 14 heavy (non-hydrogen) atoms. The highest BCUT2D eigenvalue weighted by Gasteiger charge is 2.04. The van der Waals surface area contributed by atoms with E-state index in [9.17, 15) is 0 Å². The van der Waals surface area contributed by atoms with Crippen molar-refractivity contribution in [3.63, 3.8) is 0 Å². The summed E-state index contributed by atoms with van der Waals surface area (Å²) >= 11 is 0. The van der Waals surface area contributed by atoms with Crippen LogP contribution in [0.3, 0.4) is 0 Å². The molecule has 0 radical (unpaired) electrons. The minimum absolute atomic E-state index is 0.587. The zero-order chi connectivity index (χ0) is 10.4. The first-order chi connectivity index (χ1) is 6.76. The molecule has 1 heterocycles. The SMILES string of the molecule is CCCC(CC)Nc1cncc(C)c1. The van der Waals surface area contributed by atoms with Gasteiger partial charge in [0.2, 0.25) is 0 Å². The lowest BCUT2D eigenvalue weighted by molar-refractivity contribution is 0.622. The van der Waals surface area contributed by atoms with E-state index in [1.54, 1.807) is 0 Å². The first kappa shape index (κ1) is 11.0. The molecule has 2 nitrogen and oxygen atoms in total. The van der Waals surface area contributed by atoms with Crippen molar-refractivity contribution in [1.82, 2.24) is 4.98 Å². The van der Waals surface area contributed by atoms with Gasteiger partial charge in [-0.2, -0.15) is 0 Å². The van der Waals surface area contributed by atoms with E-state index in [4.69, 9.17) is 0 Å². The summed E-state index contributed by atoms with van der Waals surface area (Å²) in [6, 6.07) is 2.73. The second-order valence-electron chi connectivity index (χ2n) is 3.79. The third-order valence-corrected chi connectivity index (χ3v) is 2.38. The van der Waals surface area contributed by atoms with E-state index in [2.05, 4.69) is 37.1 Å². The van der Waals surface area contributed by atoms with Gasteiger partial charge < -0.3 is 5.32 Å². The van der Waals surface area contributed by atoms with E-state index < -0.39 is 0 Å². The first-order valence-corrected chi connectivity index (χ1v) is 5.44. The molecule has 78 valence electrons. The summed E-state index contributed by atoms with van der Waals surface area (Å²) in [6.45, 7) is 6.51. The largest absolute Gasteiger partial charge is 0.381 e. The highest BCUT2D eigenvalue weighted by molar-refractivity contribution is 5.43. The minimum Gasteiger partial charge on any atom is -0.381 e. The van der Waals surface area contributed by atoms with Crippen molar-refractivity contribution in [3.8, 4) is 0 Å². The molecule has 0 bridgehead atoms. The maximum Gasteiger partial charge on any atom is 0.0531 e. The van der Waals surface area contributed by atoms with Gasteiger partial charge in [-0.15, -0.1) is 0 Å². The Kier molecular flexibility index (Phi) is 4.44. The fourth-order valence-corrected chi connectivity index (χ4v) is 1.60. The molecule has 0 fully saturated rings. The van der Waals surface area contributed by atoms with Gasteiger partial charge >= 0.3 is 0 Å². The Morgan fingerprint density at radius 1 is 1.36 bits per heavy atom. The summed E-state index contributed by atoms with van der Waals surface area (Å²) in [7, 11) is 0. The average molecular weight is 192 g/mol. The molecule has 1 unspecified atom stereocenters. The van der Waals surface area contributed by atoms with Gasteiger partial charge in [-0.25, -0.2) is 0 Å². The van der Waals surface area contributed by atoms with Crippen LogP contribution in [0.4, 0.5) is 5.69 Å². The van der Waals surface area contributed by atoms with Crippen LogP contribution in [0.2, 0.25) is 0 Å². The normalized spacial score (nSPS) is 12.5. The van der Waals surface area contributed by atoms with E-state index in [-0.39, 0.29) is 0 Å². The summed E-state index contributed by atoms with van der Waals surface area (Å²) in [5.41, 5.74) is 2.35. The van der Waals surface area contributed by atoms with Crippen molar-refractivity contribution in [1.29, 1.82) is 0 Å². The number of pyridine rings is 1. The van der Waals surface area contributed by atoms with Crippen LogP contribution >= 0.6 is 0 Å². The Hall–Kier alpha value is -1.05. The molecule has 0 amide bonds. The molecule has 1 atom stereocenters. The lowest BCUT2D eigenvalue weighted by atomic mass is 10.1. The van der Waals surface area contributed by atoms with E-state index in [0.717, 1.165) is 5.69 Å². The number of anilines is 1. The smallest absolute Gasteiger partial charge is 0.0531 e. The Morgan fingerprint density at radius 2 is 2.14 bits per heavy atom. The Morgan fingerprint density at radius 3 is 2.71 bits per heavy atom. The van der Waals surface area contributed by atoms with E-state index >= 15 is 0 Å². The fourth-order valence-electron chi connectivity index (χ4n) is 1.60. The summed E-state index contributed by atoms with van der Waals surface area (Å²) in [4.78, 5) is 4.17. The zero-order valence-corrected chi connectivity index (χ0v) is 9.38. The lowest BCUT2D eigenvalue weighted by Crippen LogP contribution is -2.17. The molecule has 1 N–H and O–H groups in total. The molecule has 1 aromatic rings. The van der Waals surface area contributed by atoms with Crippen molar-refractivity contribution in [2.45, 2.75) is 46.1 Å². The number of nitrogens with zero attached hydrogens (tertiary/aromatic N) is 1. The van der Waals surface area contributed by atoms with Crippen LogP contribution < -0.4 is 5.32 Å². The van der Waals surface area contributed by atoms with Gasteiger partial charge in [0.15, 0.2) is 0 Å². The Balaban J connectivity index is 2.57.